The molecule has 0 aliphatic heterocycles. The lowest BCUT2D eigenvalue weighted by Crippen LogP contribution is -2.46. The van der Waals surface area contributed by atoms with Gasteiger partial charge in [-0.2, -0.15) is 0 Å². The van der Waals surface area contributed by atoms with Gasteiger partial charge in [0.25, 0.3) is 0 Å². The van der Waals surface area contributed by atoms with E-state index in [4.69, 9.17) is 28.3 Å². The van der Waals surface area contributed by atoms with Gasteiger partial charge in [-0.25, -0.2) is 0 Å². The fourth-order valence-corrected chi connectivity index (χ4v) is 0.546. The number of aliphatic hydroxyl groups excluding tert-OH is 4. The average Bonchev–Trinajstić information content (AvgIpc) is 2.11. The maximum atomic E-state index is 9.96. The van der Waals surface area contributed by atoms with E-state index >= 15 is 0 Å². The van der Waals surface area contributed by atoms with Crippen molar-refractivity contribution in [2.45, 2.75) is 24.4 Å². The summed E-state index contributed by atoms with van der Waals surface area (Å²) < 4.78 is 13.2. The van der Waals surface area contributed by atoms with Gasteiger partial charge in [0.05, 0.1) is 9.30 Å². The number of hydrogen-bond acceptors (Lipinski definition) is 6. The first kappa shape index (κ1) is 8.09. The number of aliphatic hydroxyl groups is 5. The Morgan fingerprint density at radius 2 is 1.75 bits per heavy atom. The fraction of sp³-hybridized carbons (Fsp3) is 0.833. The van der Waals surface area contributed by atoms with E-state index in [1.807, 2.05) is 0 Å². The van der Waals surface area contributed by atoms with E-state index in [-0.39, 0.29) is 6.29 Å². The third-order valence-corrected chi connectivity index (χ3v) is 1.30. The summed E-state index contributed by atoms with van der Waals surface area (Å²) in [5, 5.41) is 44.2. The van der Waals surface area contributed by atoms with Crippen molar-refractivity contribution in [1.82, 2.24) is 0 Å². The van der Waals surface area contributed by atoms with E-state index in [1.165, 1.54) is 0 Å². The zero-order valence-electron chi connectivity index (χ0n) is 8.03. The van der Waals surface area contributed by atoms with Crippen LogP contribution in [0.1, 0.15) is 2.74 Å². The molecule has 0 fully saturated rings. The Labute approximate surface area is 71.5 Å². The summed E-state index contributed by atoms with van der Waals surface area (Å²) in [4.78, 5) is 9.96. The summed E-state index contributed by atoms with van der Waals surface area (Å²) in [6.07, 6.45) is -8.61. The second-order valence-corrected chi connectivity index (χ2v) is 2.18. The highest BCUT2D eigenvalue weighted by Gasteiger charge is 2.29. The van der Waals surface area contributed by atoms with Gasteiger partial charge in [0.15, 0.2) is 6.29 Å². The fourth-order valence-electron chi connectivity index (χ4n) is 0.546. The van der Waals surface area contributed by atoms with Crippen molar-refractivity contribution in [2.75, 3.05) is 6.56 Å². The van der Waals surface area contributed by atoms with E-state index in [0.717, 1.165) is 0 Å². The second kappa shape index (κ2) is 5.18. The van der Waals surface area contributed by atoms with Gasteiger partial charge in [-0.1, -0.05) is 0 Å². The van der Waals surface area contributed by atoms with Gasteiger partial charge >= 0.3 is 0 Å². The SMILES string of the molecule is [2H]C([2H])(O)[C@@H](O)[C@@H](O)[C@H](O)[C@@H](O)C=O. The maximum absolute atomic E-state index is 9.96. The van der Waals surface area contributed by atoms with Gasteiger partial charge in [-0.15, -0.1) is 0 Å². The third kappa shape index (κ3) is 2.84. The zero-order valence-corrected chi connectivity index (χ0v) is 6.03. The number of aldehydes is 1. The van der Waals surface area contributed by atoms with Crippen LogP contribution >= 0.6 is 0 Å². The van der Waals surface area contributed by atoms with Gasteiger partial charge < -0.3 is 30.3 Å². The van der Waals surface area contributed by atoms with Crippen molar-refractivity contribution in [3.63, 3.8) is 0 Å². The van der Waals surface area contributed by atoms with Crippen LogP contribution in [-0.2, 0) is 4.79 Å². The Kier molecular flexibility index (Phi) is 3.49. The molecule has 0 amide bonds. The van der Waals surface area contributed by atoms with Crippen LogP contribution in [0.5, 0.6) is 0 Å². The number of hydrogen-bond donors (Lipinski definition) is 5. The summed E-state index contributed by atoms with van der Waals surface area (Å²) in [6, 6.07) is 0. The quantitative estimate of drug-likeness (QED) is 0.283. The largest absolute Gasteiger partial charge is 0.394 e. The molecule has 12 heavy (non-hydrogen) atoms. The van der Waals surface area contributed by atoms with Crippen LogP contribution in [0.3, 0.4) is 0 Å². The molecule has 6 heteroatoms. The van der Waals surface area contributed by atoms with Gasteiger partial charge in [0.2, 0.25) is 0 Å². The summed E-state index contributed by atoms with van der Waals surface area (Å²) in [7, 11) is 0. The Hall–Kier alpha value is -0.530. The molecule has 72 valence electrons. The minimum atomic E-state index is -3.14. The normalized spacial score (nSPS) is 24.8. The summed E-state index contributed by atoms with van der Waals surface area (Å²) >= 11 is 0. The number of carbonyl (C=O) groups is 1. The molecule has 5 N–H and O–H groups in total. The highest BCUT2D eigenvalue weighted by atomic mass is 16.4. The molecule has 0 bridgehead atoms. The minimum Gasteiger partial charge on any atom is -0.394 e. The van der Waals surface area contributed by atoms with Crippen LogP contribution in [0.25, 0.3) is 0 Å². The van der Waals surface area contributed by atoms with Crippen molar-refractivity contribution in [3.05, 3.63) is 0 Å². The van der Waals surface area contributed by atoms with Crippen molar-refractivity contribution >= 4 is 6.29 Å². The Bertz CT molecular complexity index is 193. The molecule has 0 aromatic heterocycles. The molecule has 0 radical (unpaired) electrons. The molecular weight excluding hydrogens is 168 g/mol. The van der Waals surface area contributed by atoms with Crippen LogP contribution in [0, 0.1) is 0 Å². The molecule has 0 aliphatic carbocycles. The van der Waals surface area contributed by atoms with Crippen molar-refractivity contribution in [1.29, 1.82) is 0 Å². The Morgan fingerprint density at radius 1 is 1.25 bits per heavy atom. The van der Waals surface area contributed by atoms with Crippen LogP contribution in [0.4, 0.5) is 0 Å². The molecule has 0 rings (SSSR count). The first-order chi connectivity index (χ1) is 6.21. The van der Waals surface area contributed by atoms with Gasteiger partial charge in [0.1, 0.15) is 24.4 Å². The highest BCUT2D eigenvalue weighted by molar-refractivity contribution is 5.56. The second-order valence-electron chi connectivity index (χ2n) is 2.18. The molecular formula is C6H12O6. The lowest BCUT2D eigenvalue weighted by atomic mass is 10.0. The summed E-state index contributed by atoms with van der Waals surface area (Å²) in [5.41, 5.74) is 0. The van der Waals surface area contributed by atoms with Gasteiger partial charge in [-0.05, 0) is 0 Å². The predicted octanol–water partition coefficient (Wildman–Crippen LogP) is -3.38. The van der Waals surface area contributed by atoms with E-state index < -0.39 is 31.0 Å². The zero-order chi connectivity index (χ0) is 11.5. The summed E-state index contributed by atoms with van der Waals surface area (Å²) in [5.74, 6) is 0. The molecule has 6 nitrogen and oxygen atoms in total. The van der Waals surface area contributed by atoms with E-state index in [0.29, 0.717) is 0 Å². The standard InChI is InChI=1S/C6H12O6/c7-1-3(9)5(11)6(12)4(10)2-8/h1,3-6,8-12H,2H2/t3-,4+,5+,6+/m0/s1/i2D2. The van der Waals surface area contributed by atoms with E-state index in [9.17, 15) is 4.79 Å². The lowest BCUT2D eigenvalue weighted by molar-refractivity contribution is -0.136. The minimum absolute atomic E-state index is 0.0897. The first-order valence-electron chi connectivity index (χ1n) is 4.11. The molecule has 0 unspecified atom stereocenters. The van der Waals surface area contributed by atoms with Crippen molar-refractivity contribution < 1.29 is 33.1 Å². The lowest BCUT2D eigenvalue weighted by Gasteiger charge is -2.22. The van der Waals surface area contributed by atoms with Crippen LogP contribution < -0.4 is 0 Å². The average molecular weight is 182 g/mol. The molecule has 0 heterocycles. The molecule has 0 aliphatic rings. The molecule has 0 saturated carbocycles. The smallest absolute Gasteiger partial charge is 0.151 e. The monoisotopic (exact) mass is 182 g/mol. The van der Waals surface area contributed by atoms with Crippen molar-refractivity contribution in [2.24, 2.45) is 0 Å². The van der Waals surface area contributed by atoms with E-state index in [1.54, 1.807) is 0 Å². The summed E-state index contributed by atoms with van der Waals surface area (Å²) in [6.45, 7) is -3.14. The first-order valence-corrected chi connectivity index (χ1v) is 3.11. The topological polar surface area (TPSA) is 118 Å². The van der Waals surface area contributed by atoms with E-state index in [2.05, 4.69) is 0 Å². The number of carbonyl (C=O) groups excluding carboxylic acids is 1. The highest BCUT2D eigenvalue weighted by Crippen LogP contribution is 2.02. The number of rotatable bonds is 5. The van der Waals surface area contributed by atoms with Crippen LogP contribution in [0.15, 0.2) is 0 Å². The molecule has 0 aromatic carbocycles. The molecule has 0 saturated heterocycles. The Morgan fingerprint density at radius 3 is 2.08 bits per heavy atom. The van der Waals surface area contributed by atoms with Gasteiger partial charge in [0, 0.05) is 0 Å². The van der Waals surface area contributed by atoms with Gasteiger partial charge in [-0.3, -0.25) is 0 Å². The Balaban J connectivity index is 4.46. The third-order valence-electron chi connectivity index (χ3n) is 1.30. The molecule has 0 aromatic rings. The predicted molar refractivity (Wildman–Crippen MR) is 37.2 cm³/mol. The van der Waals surface area contributed by atoms with Crippen molar-refractivity contribution in [3.8, 4) is 0 Å². The molecule has 4 atom stereocenters. The molecule has 0 spiro atoms. The maximum Gasteiger partial charge on any atom is 0.151 e. The van der Waals surface area contributed by atoms with Crippen LogP contribution in [-0.4, -0.2) is 62.8 Å². The van der Waals surface area contributed by atoms with Crippen LogP contribution in [0.2, 0.25) is 0 Å².